The van der Waals surface area contributed by atoms with Gasteiger partial charge in [-0.15, -0.1) is 0 Å². The average molecular weight is 677 g/mol. The Morgan fingerprint density at radius 3 is 1.74 bits per heavy atom. The minimum absolute atomic E-state index is 0.812. The van der Waals surface area contributed by atoms with Crippen LogP contribution >= 0.6 is 0 Å². The molecule has 0 aliphatic carbocycles. The van der Waals surface area contributed by atoms with Crippen LogP contribution in [0.25, 0.3) is 99.7 Å². The van der Waals surface area contributed by atoms with E-state index in [0.29, 0.717) is 0 Å². The summed E-state index contributed by atoms with van der Waals surface area (Å²) in [6, 6.07) is 66.7. The maximum absolute atomic E-state index is 5.93. The van der Waals surface area contributed by atoms with Crippen LogP contribution in [0, 0.1) is 0 Å². The largest absolute Gasteiger partial charge is 0.443 e. The number of rotatable bonds is 6. The van der Waals surface area contributed by atoms with Gasteiger partial charge in [0.15, 0.2) is 12.0 Å². The fraction of sp³-hybridized carbons (Fsp3) is 0. The molecule has 8 aromatic carbocycles. The highest BCUT2D eigenvalue weighted by Crippen LogP contribution is 2.42. The molecule has 0 saturated carbocycles. The van der Waals surface area contributed by atoms with Crippen LogP contribution in [0.2, 0.25) is 0 Å². The van der Waals surface area contributed by atoms with E-state index in [0.717, 1.165) is 83.3 Å². The summed E-state index contributed by atoms with van der Waals surface area (Å²) in [7, 11) is 0. The van der Waals surface area contributed by atoms with Crippen molar-refractivity contribution in [2.75, 3.05) is 0 Å². The van der Waals surface area contributed by atoms with Crippen molar-refractivity contribution in [2.45, 2.75) is 0 Å². The molecular weight excluding hydrogens is 645 g/mol. The summed E-state index contributed by atoms with van der Waals surface area (Å²) in [6.07, 6.45) is 1.55. The minimum Gasteiger partial charge on any atom is -0.443 e. The molecular formula is C50H32N2O. The first kappa shape index (κ1) is 30.7. The Labute approximate surface area is 307 Å². The number of aromatic nitrogens is 2. The van der Waals surface area contributed by atoms with Gasteiger partial charge in [0.05, 0.1) is 11.4 Å². The van der Waals surface area contributed by atoms with Crippen molar-refractivity contribution in [1.82, 2.24) is 9.97 Å². The summed E-state index contributed by atoms with van der Waals surface area (Å²) in [5, 5.41) is 4.59. The van der Waals surface area contributed by atoms with Crippen molar-refractivity contribution in [3.8, 4) is 67.0 Å². The van der Waals surface area contributed by atoms with Gasteiger partial charge in [-0.2, -0.15) is 0 Å². The van der Waals surface area contributed by atoms with Gasteiger partial charge >= 0.3 is 0 Å². The fourth-order valence-corrected chi connectivity index (χ4v) is 7.65. The van der Waals surface area contributed by atoms with E-state index >= 15 is 0 Å². The molecule has 0 atom stereocenters. The molecule has 0 aliphatic heterocycles. The summed E-state index contributed by atoms with van der Waals surface area (Å²) in [6.45, 7) is 0. The van der Waals surface area contributed by atoms with E-state index in [-0.39, 0.29) is 0 Å². The molecule has 0 amide bonds. The summed E-state index contributed by atoms with van der Waals surface area (Å²) in [4.78, 5) is 9.92. The summed E-state index contributed by atoms with van der Waals surface area (Å²) < 4.78 is 5.93. The molecule has 0 N–H and O–H groups in total. The van der Waals surface area contributed by atoms with Crippen molar-refractivity contribution in [2.24, 2.45) is 0 Å². The average Bonchev–Trinajstić information content (AvgIpc) is 3.74. The third-order valence-electron chi connectivity index (χ3n) is 10.2. The lowest BCUT2D eigenvalue weighted by molar-refractivity contribution is 0.605. The number of fused-ring (bicyclic) bond motifs is 4. The lowest BCUT2D eigenvalue weighted by Gasteiger charge is -2.16. The number of hydrogen-bond donors (Lipinski definition) is 0. The minimum atomic E-state index is 0.812. The van der Waals surface area contributed by atoms with Gasteiger partial charge in [-0.25, -0.2) is 9.97 Å². The zero-order chi connectivity index (χ0) is 35.1. The highest BCUT2D eigenvalue weighted by molar-refractivity contribution is 6.10. The first-order valence-corrected chi connectivity index (χ1v) is 17.9. The zero-order valence-corrected chi connectivity index (χ0v) is 28.8. The van der Waals surface area contributed by atoms with Gasteiger partial charge in [0, 0.05) is 22.1 Å². The van der Waals surface area contributed by atoms with Crippen molar-refractivity contribution in [3.05, 3.63) is 194 Å². The topological polar surface area (TPSA) is 38.9 Å². The van der Waals surface area contributed by atoms with Crippen molar-refractivity contribution >= 4 is 32.6 Å². The van der Waals surface area contributed by atoms with Gasteiger partial charge in [-0.05, 0) is 85.4 Å². The number of hydrogen-bond acceptors (Lipinski definition) is 3. The van der Waals surface area contributed by atoms with E-state index in [4.69, 9.17) is 9.40 Å². The molecule has 0 unspecified atom stereocenters. The number of benzene rings is 8. The Kier molecular flexibility index (Phi) is 7.47. The number of oxazole rings is 1. The molecule has 3 heteroatoms. The lowest BCUT2D eigenvalue weighted by atomic mass is 9.87. The molecule has 0 aliphatic rings. The normalized spacial score (nSPS) is 11.4. The molecule has 0 bridgehead atoms. The molecule has 2 heterocycles. The van der Waals surface area contributed by atoms with Gasteiger partial charge in [0.1, 0.15) is 5.52 Å². The maximum atomic E-state index is 5.93. The molecule has 0 saturated heterocycles. The quantitative estimate of drug-likeness (QED) is 0.176. The zero-order valence-electron chi connectivity index (χ0n) is 28.8. The Bertz CT molecular complexity index is 2890. The molecule has 10 aromatic rings. The van der Waals surface area contributed by atoms with Crippen LogP contribution < -0.4 is 0 Å². The summed E-state index contributed by atoms with van der Waals surface area (Å²) >= 11 is 0. The Hall–Kier alpha value is -7.10. The first-order chi connectivity index (χ1) is 26.3. The second kappa shape index (κ2) is 12.9. The van der Waals surface area contributed by atoms with Crippen molar-refractivity contribution in [1.29, 1.82) is 0 Å². The van der Waals surface area contributed by atoms with Crippen LogP contribution in [-0.4, -0.2) is 9.97 Å². The standard InChI is InChI=1S/C50H32N2O/c1-3-13-33(14-4-1)41-30-46(35-16-5-2-6-17-35)52-47(31-41)39-21-12-22-40(28-39)48-42-23-9-7-15-34(42)25-26-43(48)36-19-11-20-37(27-36)45-29-38-18-8-10-24-44(38)50-49(45)51-32-53-50/h1-32H. The van der Waals surface area contributed by atoms with E-state index < -0.39 is 0 Å². The molecule has 10 rings (SSSR count). The molecule has 53 heavy (non-hydrogen) atoms. The van der Waals surface area contributed by atoms with Crippen LogP contribution in [0.4, 0.5) is 0 Å². The first-order valence-electron chi connectivity index (χ1n) is 17.9. The highest BCUT2D eigenvalue weighted by atomic mass is 16.3. The van der Waals surface area contributed by atoms with Gasteiger partial charge in [-0.3, -0.25) is 0 Å². The van der Waals surface area contributed by atoms with Gasteiger partial charge in [-0.1, -0.05) is 158 Å². The van der Waals surface area contributed by atoms with Gasteiger partial charge < -0.3 is 4.42 Å². The molecule has 3 nitrogen and oxygen atoms in total. The molecule has 2 aromatic heterocycles. The van der Waals surface area contributed by atoms with E-state index in [9.17, 15) is 0 Å². The predicted molar refractivity (Wildman–Crippen MR) is 219 cm³/mol. The SMILES string of the molecule is c1ccc(-c2cc(-c3ccccc3)nc(-c3cccc(-c4c(-c5cccc(-c6cc7ccccc7c7ocnc67)c5)ccc5ccccc45)c3)c2)cc1. The van der Waals surface area contributed by atoms with Gasteiger partial charge in [0.2, 0.25) is 0 Å². The van der Waals surface area contributed by atoms with E-state index in [1.165, 1.54) is 16.3 Å². The third kappa shape index (κ3) is 5.56. The van der Waals surface area contributed by atoms with Crippen LogP contribution in [0.3, 0.4) is 0 Å². The fourth-order valence-electron chi connectivity index (χ4n) is 7.65. The van der Waals surface area contributed by atoms with E-state index in [1.54, 1.807) is 6.39 Å². The van der Waals surface area contributed by atoms with Gasteiger partial charge in [0.25, 0.3) is 0 Å². The van der Waals surface area contributed by atoms with E-state index in [2.05, 4.69) is 181 Å². The molecule has 248 valence electrons. The molecule has 0 spiro atoms. The Morgan fingerprint density at radius 2 is 0.943 bits per heavy atom. The van der Waals surface area contributed by atoms with Crippen LogP contribution in [0.15, 0.2) is 199 Å². The maximum Gasteiger partial charge on any atom is 0.182 e. The number of pyridine rings is 1. The highest BCUT2D eigenvalue weighted by Gasteiger charge is 2.17. The van der Waals surface area contributed by atoms with Crippen LogP contribution in [-0.2, 0) is 0 Å². The number of nitrogens with zero attached hydrogens (tertiary/aromatic N) is 2. The molecule has 0 radical (unpaired) electrons. The molecule has 0 fully saturated rings. The Balaban J connectivity index is 1.15. The second-order valence-corrected chi connectivity index (χ2v) is 13.4. The van der Waals surface area contributed by atoms with Crippen LogP contribution in [0.1, 0.15) is 0 Å². The smallest absolute Gasteiger partial charge is 0.182 e. The Morgan fingerprint density at radius 1 is 0.358 bits per heavy atom. The predicted octanol–water partition coefficient (Wildman–Crippen LogP) is 13.5. The second-order valence-electron chi connectivity index (χ2n) is 13.4. The van der Waals surface area contributed by atoms with Crippen LogP contribution in [0.5, 0.6) is 0 Å². The summed E-state index contributed by atoms with van der Waals surface area (Å²) in [5.74, 6) is 0. The van der Waals surface area contributed by atoms with Crippen molar-refractivity contribution < 1.29 is 4.42 Å². The monoisotopic (exact) mass is 676 g/mol. The van der Waals surface area contributed by atoms with E-state index in [1.807, 2.05) is 12.1 Å². The third-order valence-corrected chi connectivity index (χ3v) is 10.2. The lowest BCUT2D eigenvalue weighted by Crippen LogP contribution is -1.93. The van der Waals surface area contributed by atoms with Crippen molar-refractivity contribution in [3.63, 3.8) is 0 Å². The summed E-state index contributed by atoms with van der Waals surface area (Å²) in [5.41, 5.74) is 14.8.